The molecule has 0 radical (unpaired) electrons. The minimum absolute atomic E-state index is 0.943. The molecule has 0 aromatic carbocycles. The fourth-order valence-corrected chi connectivity index (χ4v) is 1.54. The van der Waals surface area contributed by atoms with Gasteiger partial charge in [-0.25, -0.2) is 9.59 Å². The van der Waals surface area contributed by atoms with Crippen LogP contribution in [-0.4, -0.2) is 108 Å². The predicted octanol–water partition coefficient (Wildman–Crippen LogP) is -5.04. The maximum absolute atomic E-state index is 11.7. The fraction of sp³-hybridized carbons (Fsp3) is 0.846. The Kier molecular flexibility index (Phi) is 9.39. The van der Waals surface area contributed by atoms with Gasteiger partial charge in [-0.05, 0) is 0 Å². The SMILES string of the molecule is CC(C)(OC(=O)[C@H](O)[C@H](O)[C@H](O)CO)OC(=O)[C@H](O)[C@H](O)[C@H](O)CO. The number of carbonyl (C=O) groups is 2. The van der Waals surface area contributed by atoms with Crippen molar-refractivity contribution < 1.29 is 59.9 Å². The van der Waals surface area contributed by atoms with Crippen molar-refractivity contribution in [2.75, 3.05) is 13.2 Å². The third-order valence-electron chi connectivity index (χ3n) is 2.99. The van der Waals surface area contributed by atoms with Crippen LogP contribution < -0.4 is 0 Å². The number of aliphatic hydroxyl groups is 8. The van der Waals surface area contributed by atoms with Crippen LogP contribution in [0, 0.1) is 0 Å². The van der Waals surface area contributed by atoms with Crippen molar-refractivity contribution in [2.24, 2.45) is 0 Å². The van der Waals surface area contributed by atoms with E-state index in [-0.39, 0.29) is 0 Å². The quantitative estimate of drug-likeness (QED) is 0.134. The number of carbonyl (C=O) groups excluding carboxylic acids is 2. The van der Waals surface area contributed by atoms with Gasteiger partial charge in [-0.3, -0.25) is 0 Å². The molecule has 0 saturated heterocycles. The summed E-state index contributed by atoms with van der Waals surface area (Å²) in [6.07, 6.45) is -12.3. The highest BCUT2D eigenvalue weighted by Gasteiger charge is 2.39. The zero-order chi connectivity index (χ0) is 19.9. The zero-order valence-electron chi connectivity index (χ0n) is 13.6. The summed E-state index contributed by atoms with van der Waals surface area (Å²) in [5, 5.41) is 73.3. The summed E-state index contributed by atoms with van der Waals surface area (Å²) in [7, 11) is 0. The second kappa shape index (κ2) is 9.94. The van der Waals surface area contributed by atoms with Gasteiger partial charge in [0.25, 0.3) is 5.79 Å². The third-order valence-corrected chi connectivity index (χ3v) is 2.99. The molecule has 0 unspecified atom stereocenters. The van der Waals surface area contributed by atoms with E-state index in [0.29, 0.717) is 0 Å². The van der Waals surface area contributed by atoms with Crippen LogP contribution in [0.2, 0.25) is 0 Å². The number of ether oxygens (including phenoxy) is 2. The molecule has 0 aliphatic rings. The minimum Gasteiger partial charge on any atom is -0.421 e. The lowest BCUT2D eigenvalue weighted by molar-refractivity contribution is -0.234. The molecule has 0 saturated carbocycles. The Labute approximate surface area is 142 Å². The van der Waals surface area contributed by atoms with Gasteiger partial charge in [0.15, 0.2) is 12.2 Å². The fourth-order valence-electron chi connectivity index (χ4n) is 1.54. The van der Waals surface area contributed by atoms with Crippen molar-refractivity contribution in [3.05, 3.63) is 0 Å². The first-order chi connectivity index (χ1) is 11.4. The first-order valence-corrected chi connectivity index (χ1v) is 7.13. The van der Waals surface area contributed by atoms with Gasteiger partial charge in [-0.2, -0.15) is 0 Å². The van der Waals surface area contributed by atoms with E-state index < -0.39 is 67.6 Å². The molecule has 0 aliphatic carbocycles. The molecule has 0 bridgehead atoms. The molecule has 0 heterocycles. The average molecular weight is 372 g/mol. The van der Waals surface area contributed by atoms with Gasteiger partial charge in [-0.15, -0.1) is 0 Å². The molecule has 8 N–H and O–H groups in total. The molecular formula is C13H24O12. The highest BCUT2D eigenvalue weighted by Crippen LogP contribution is 2.16. The lowest BCUT2D eigenvalue weighted by atomic mass is 10.1. The van der Waals surface area contributed by atoms with Crippen LogP contribution in [0.4, 0.5) is 0 Å². The lowest BCUT2D eigenvalue weighted by Gasteiger charge is -2.29. The Morgan fingerprint density at radius 1 is 0.760 bits per heavy atom. The topological polar surface area (TPSA) is 214 Å². The summed E-state index contributed by atoms with van der Waals surface area (Å²) in [6, 6.07) is 0. The largest absolute Gasteiger partial charge is 0.421 e. The van der Waals surface area contributed by atoms with Gasteiger partial charge in [-0.1, -0.05) is 0 Å². The van der Waals surface area contributed by atoms with Crippen molar-refractivity contribution in [3.63, 3.8) is 0 Å². The first kappa shape index (κ1) is 23.6. The van der Waals surface area contributed by atoms with Crippen molar-refractivity contribution in [1.29, 1.82) is 0 Å². The van der Waals surface area contributed by atoms with E-state index in [9.17, 15) is 30.0 Å². The minimum atomic E-state index is -2.27. The van der Waals surface area contributed by atoms with Crippen molar-refractivity contribution in [3.8, 4) is 0 Å². The smallest absolute Gasteiger partial charge is 0.341 e. The van der Waals surface area contributed by atoms with Crippen molar-refractivity contribution >= 4 is 11.9 Å². The number of rotatable bonds is 10. The Bertz CT molecular complexity index is 401. The van der Waals surface area contributed by atoms with Gasteiger partial charge >= 0.3 is 11.9 Å². The summed E-state index contributed by atoms with van der Waals surface area (Å²) in [5.74, 6) is -5.10. The van der Waals surface area contributed by atoms with Gasteiger partial charge < -0.3 is 50.3 Å². The predicted molar refractivity (Wildman–Crippen MR) is 76.5 cm³/mol. The van der Waals surface area contributed by atoms with Crippen LogP contribution in [0.3, 0.4) is 0 Å². The molecule has 12 nitrogen and oxygen atoms in total. The molecule has 148 valence electrons. The van der Waals surface area contributed by atoms with E-state index in [1.807, 2.05) is 0 Å². The molecule has 0 amide bonds. The van der Waals surface area contributed by atoms with Gasteiger partial charge in [0.05, 0.1) is 13.2 Å². The molecule has 0 spiro atoms. The van der Waals surface area contributed by atoms with E-state index in [4.69, 9.17) is 20.4 Å². The second-order valence-corrected chi connectivity index (χ2v) is 5.61. The maximum atomic E-state index is 11.7. The highest BCUT2D eigenvalue weighted by molar-refractivity contribution is 5.77. The Hall–Kier alpha value is -1.38. The summed E-state index contributed by atoms with van der Waals surface area (Å²) in [5.41, 5.74) is 0. The number of hydrogen-bond donors (Lipinski definition) is 8. The molecule has 12 heteroatoms. The zero-order valence-corrected chi connectivity index (χ0v) is 13.6. The summed E-state index contributed by atoms with van der Waals surface area (Å²) < 4.78 is 9.23. The monoisotopic (exact) mass is 372 g/mol. The summed E-state index contributed by atoms with van der Waals surface area (Å²) in [4.78, 5) is 23.3. The number of esters is 2. The first-order valence-electron chi connectivity index (χ1n) is 7.13. The molecule has 25 heavy (non-hydrogen) atoms. The van der Waals surface area contributed by atoms with Gasteiger partial charge in [0, 0.05) is 13.8 Å². The van der Waals surface area contributed by atoms with Crippen LogP contribution in [0.5, 0.6) is 0 Å². The van der Waals surface area contributed by atoms with Gasteiger partial charge in [0.1, 0.15) is 24.4 Å². The highest BCUT2D eigenvalue weighted by atomic mass is 16.7. The number of hydrogen-bond acceptors (Lipinski definition) is 12. The molecular weight excluding hydrogens is 348 g/mol. The van der Waals surface area contributed by atoms with Crippen LogP contribution in [-0.2, 0) is 19.1 Å². The van der Waals surface area contributed by atoms with E-state index in [0.717, 1.165) is 13.8 Å². The van der Waals surface area contributed by atoms with Crippen LogP contribution in [0.1, 0.15) is 13.8 Å². The summed E-state index contributed by atoms with van der Waals surface area (Å²) >= 11 is 0. The van der Waals surface area contributed by atoms with E-state index in [1.165, 1.54) is 0 Å². The molecule has 0 aliphatic heterocycles. The van der Waals surface area contributed by atoms with Crippen LogP contribution >= 0.6 is 0 Å². The van der Waals surface area contributed by atoms with Crippen LogP contribution in [0.15, 0.2) is 0 Å². The Morgan fingerprint density at radius 2 is 1.04 bits per heavy atom. The Morgan fingerprint density at radius 3 is 1.28 bits per heavy atom. The molecule has 0 rings (SSSR count). The van der Waals surface area contributed by atoms with Gasteiger partial charge in [0.2, 0.25) is 0 Å². The summed E-state index contributed by atoms with van der Waals surface area (Å²) in [6.45, 7) is 0.153. The van der Waals surface area contributed by atoms with Crippen molar-refractivity contribution in [2.45, 2.75) is 56.3 Å². The molecule has 0 aromatic rings. The average Bonchev–Trinajstić information content (AvgIpc) is 2.56. The molecule has 0 fully saturated rings. The van der Waals surface area contributed by atoms with Crippen molar-refractivity contribution in [1.82, 2.24) is 0 Å². The second-order valence-electron chi connectivity index (χ2n) is 5.61. The van der Waals surface area contributed by atoms with E-state index in [1.54, 1.807) is 0 Å². The molecule has 0 aromatic heterocycles. The standard InChI is InChI=1S/C13H24O12/c1-13(2,24-11(22)9(20)7(18)5(16)3-14)25-12(23)10(21)8(19)6(17)4-15/h5-10,14-21H,3-4H2,1-2H3/t5-,6-,7-,8-,9-,10-/m1/s1. The lowest BCUT2D eigenvalue weighted by Crippen LogP contribution is -2.49. The van der Waals surface area contributed by atoms with E-state index in [2.05, 4.69) is 9.47 Å². The normalized spacial score (nSPS) is 19.3. The molecule has 6 atom stereocenters. The van der Waals surface area contributed by atoms with E-state index >= 15 is 0 Å². The van der Waals surface area contributed by atoms with Crippen LogP contribution in [0.25, 0.3) is 0 Å². The third kappa shape index (κ3) is 7.17. The Balaban J connectivity index is 4.81. The number of aliphatic hydroxyl groups excluding tert-OH is 8. The maximum Gasteiger partial charge on any atom is 0.341 e.